The number of hydrogen-bond acceptors (Lipinski definition) is 6. The molecule has 0 saturated carbocycles. The van der Waals surface area contributed by atoms with Crippen molar-refractivity contribution < 1.29 is 28.6 Å². The van der Waals surface area contributed by atoms with E-state index in [2.05, 4.69) is 41.5 Å². The maximum absolute atomic E-state index is 12.9. The Balaban J connectivity index is 4.29. The molecule has 0 aromatic carbocycles. The summed E-state index contributed by atoms with van der Waals surface area (Å²) in [5.74, 6) is 1.69. The van der Waals surface area contributed by atoms with Crippen molar-refractivity contribution in [3.63, 3.8) is 0 Å². The highest BCUT2D eigenvalue weighted by atomic mass is 16.6. The van der Waals surface area contributed by atoms with Crippen LogP contribution in [0.4, 0.5) is 0 Å². The summed E-state index contributed by atoms with van der Waals surface area (Å²) in [5.41, 5.74) is 0. The molecule has 6 nitrogen and oxygen atoms in total. The lowest BCUT2D eigenvalue weighted by Crippen LogP contribution is -2.30. The average Bonchev–Trinajstić information content (AvgIpc) is 3.28. The van der Waals surface area contributed by atoms with E-state index < -0.39 is 6.10 Å². The van der Waals surface area contributed by atoms with Crippen LogP contribution in [0.5, 0.6) is 0 Å². The first-order valence-corrected chi connectivity index (χ1v) is 29.1. The Morgan fingerprint density at radius 1 is 0.308 bits per heavy atom. The first-order valence-electron chi connectivity index (χ1n) is 29.1. The lowest BCUT2D eigenvalue weighted by atomic mass is 9.99. The van der Waals surface area contributed by atoms with E-state index in [1.165, 1.54) is 205 Å². The molecule has 0 saturated heterocycles. The molecule has 6 heteroatoms. The SMILES string of the molecule is CCC(C)CCCCCCCCCCC(=O)OC[C@@H](COC(=O)CCCCCCCCCCCCCCCC(C)C)OC(=O)CCCCCCCCCCCCCCCCCCC(C)C. The molecular formula is C59H114O6. The topological polar surface area (TPSA) is 78.9 Å². The van der Waals surface area contributed by atoms with E-state index in [-0.39, 0.29) is 31.1 Å². The number of hydrogen-bond donors (Lipinski definition) is 0. The van der Waals surface area contributed by atoms with E-state index in [1.54, 1.807) is 0 Å². The minimum absolute atomic E-state index is 0.0638. The van der Waals surface area contributed by atoms with Gasteiger partial charge < -0.3 is 14.2 Å². The Kier molecular flexibility index (Phi) is 49.1. The van der Waals surface area contributed by atoms with Crippen molar-refractivity contribution in [2.24, 2.45) is 17.8 Å². The largest absolute Gasteiger partial charge is 0.462 e. The molecule has 0 aromatic heterocycles. The molecule has 0 rings (SSSR count). The van der Waals surface area contributed by atoms with Crippen LogP contribution in [0, 0.1) is 17.8 Å². The standard InChI is InChI=1S/C59H114O6/c1-7-55(6)47-41-35-29-25-26-31-37-43-49-58(61)64-52-56(51-63-57(60)48-42-36-30-23-19-16-12-14-18-22-28-34-40-46-54(4)5)65-59(62)50-44-38-32-24-20-15-11-9-8-10-13-17-21-27-33-39-45-53(2)3/h53-56H,7-52H2,1-6H3/t55?,56-/m1/s1. The maximum atomic E-state index is 12.9. The predicted octanol–water partition coefficient (Wildman–Crippen LogP) is 19.1. The second kappa shape index (κ2) is 50.3. The first kappa shape index (κ1) is 63.4. The summed E-state index contributed by atoms with van der Waals surface area (Å²) in [6, 6.07) is 0. The van der Waals surface area contributed by atoms with Gasteiger partial charge in [0.05, 0.1) is 0 Å². The highest BCUT2D eigenvalue weighted by molar-refractivity contribution is 5.71. The van der Waals surface area contributed by atoms with Crippen LogP contribution in [0.2, 0.25) is 0 Å². The fourth-order valence-corrected chi connectivity index (χ4v) is 8.97. The lowest BCUT2D eigenvalue weighted by Gasteiger charge is -2.18. The molecule has 0 radical (unpaired) electrons. The molecule has 0 aromatic rings. The molecule has 386 valence electrons. The van der Waals surface area contributed by atoms with Crippen molar-refractivity contribution in [3.05, 3.63) is 0 Å². The van der Waals surface area contributed by atoms with Gasteiger partial charge in [-0.3, -0.25) is 14.4 Å². The van der Waals surface area contributed by atoms with Crippen LogP contribution in [0.15, 0.2) is 0 Å². The van der Waals surface area contributed by atoms with Crippen LogP contribution in [0.25, 0.3) is 0 Å². The Bertz CT molecular complexity index is 1010. The monoisotopic (exact) mass is 919 g/mol. The van der Waals surface area contributed by atoms with Crippen LogP contribution < -0.4 is 0 Å². The summed E-state index contributed by atoms with van der Waals surface area (Å²) in [5, 5.41) is 0. The summed E-state index contributed by atoms with van der Waals surface area (Å²) in [6.45, 7) is 13.8. The zero-order chi connectivity index (χ0) is 47.7. The van der Waals surface area contributed by atoms with Crippen LogP contribution in [0.1, 0.15) is 324 Å². The van der Waals surface area contributed by atoms with Gasteiger partial charge in [0.2, 0.25) is 0 Å². The van der Waals surface area contributed by atoms with E-state index in [0.29, 0.717) is 19.3 Å². The van der Waals surface area contributed by atoms with Gasteiger partial charge in [-0.2, -0.15) is 0 Å². The molecule has 0 heterocycles. The van der Waals surface area contributed by atoms with Crippen molar-refractivity contribution in [3.8, 4) is 0 Å². The van der Waals surface area contributed by atoms with Crippen molar-refractivity contribution in [2.75, 3.05) is 13.2 Å². The van der Waals surface area contributed by atoms with Crippen molar-refractivity contribution >= 4 is 17.9 Å². The van der Waals surface area contributed by atoms with Crippen LogP contribution in [-0.2, 0) is 28.6 Å². The molecule has 65 heavy (non-hydrogen) atoms. The van der Waals surface area contributed by atoms with Gasteiger partial charge in [0, 0.05) is 19.3 Å². The molecule has 0 aliphatic heterocycles. The minimum Gasteiger partial charge on any atom is -0.462 e. The van der Waals surface area contributed by atoms with Crippen molar-refractivity contribution in [1.82, 2.24) is 0 Å². The van der Waals surface area contributed by atoms with Crippen molar-refractivity contribution in [1.29, 1.82) is 0 Å². The van der Waals surface area contributed by atoms with Gasteiger partial charge in [0.1, 0.15) is 13.2 Å². The number of carbonyl (C=O) groups excluding carboxylic acids is 3. The predicted molar refractivity (Wildman–Crippen MR) is 279 cm³/mol. The fourth-order valence-electron chi connectivity index (χ4n) is 8.97. The summed E-state index contributed by atoms with van der Waals surface area (Å²) in [7, 11) is 0. The number of unbranched alkanes of at least 4 members (excludes halogenated alkanes) is 34. The third-order valence-electron chi connectivity index (χ3n) is 13.8. The Morgan fingerprint density at radius 2 is 0.538 bits per heavy atom. The average molecular weight is 920 g/mol. The molecule has 0 N–H and O–H groups in total. The first-order chi connectivity index (χ1) is 31.6. The van der Waals surface area contributed by atoms with Gasteiger partial charge in [0.25, 0.3) is 0 Å². The van der Waals surface area contributed by atoms with Crippen molar-refractivity contribution in [2.45, 2.75) is 330 Å². The molecule has 0 spiro atoms. The zero-order valence-electron chi connectivity index (χ0n) is 44.8. The van der Waals surface area contributed by atoms with E-state index in [1.807, 2.05) is 0 Å². The highest BCUT2D eigenvalue weighted by Crippen LogP contribution is 2.19. The molecule has 0 aliphatic rings. The fraction of sp³-hybridized carbons (Fsp3) is 0.949. The normalized spacial score (nSPS) is 12.6. The summed E-state index contributed by atoms with van der Waals surface area (Å²) in [6.07, 6.45) is 52.3. The summed E-state index contributed by atoms with van der Waals surface area (Å²) in [4.78, 5) is 38.1. The van der Waals surface area contributed by atoms with Gasteiger partial charge in [-0.25, -0.2) is 0 Å². The minimum atomic E-state index is -0.764. The van der Waals surface area contributed by atoms with Gasteiger partial charge in [-0.05, 0) is 37.0 Å². The quantitative estimate of drug-likeness (QED) is 0.0344. The third kappa shape index (κ3) is 51.6. The lowest BCUT2D eigenvalue weighted by molar-refractivity contribution is -0.167. The van der Waals surface area contributed by atoms with E-state index >= 15 is 0 Å². The summed E-state index contributed by atoms with van der Waals surface area (Å²) < 4.78 is 16.9. The Hall–Kier alpha value is -1.59. The van der Waals surface area contributed by atoms with E-state index in [0.717, 1.165) is 75.5 Å². The van der Waals surface area contributed by atoms with Crippen LogP contribution in [-0.4, -0.2) is 37.2 Å². The molecule has 0 amide bonds. The number of rotatable bonds is 52. The molecule has 2 atom stereocenters. The number of ether oxygens (including phenoxy) is 3. The highest BCUT2D eigenvalue weighted by Gasteiger charge is 2.19. The van der Waals surface area contributed by atoms with Crippen LogP contribution in [0.3, 0.4) is 0 Å². The molecule has 0 aliphatic carbocycles. The van der Waals surface area contributed by atoms with Gasteiger partial charge >= 0.3 is 17.9 Å². The maximum Gasteiger partial charge on any atom is 0.306 e. The van der Waals surface area contributed by atoms with Crippen LogP contribution >= 0.6 is 0 Å². The Morgan fingerprint density at radius 3 is 0.800 bits per heavy atom. The van der Waals surface area contributed by atoms with E-state index in [9.17, 15) is 14.4 Å². The smallest absolute Gasteiger partial charge is 0.306 e. The molecular weight excluding hydrogens is 805 g/mol. The number of carbonyl (C=O) groups is 3. The summed E-state index contributed by atoms with van der Waals surface area (Å²) >= 11 is 0. The second-order valence-electron chi connectivity index (χ2n) is 21.5. The van der Waals surface area contributed by atoms with E-state index in [4.69, 9.17) is 14.2 Å². The third-order valence-corrected chi connectivity index (χ3v) is 13.8. The van der Waals surface area contributed by atoms with Gasteiger partial charge in [-0.1, -0.05) is 286 Å². The Labute approximate surface area is 406 Å². The van der Waals surface area contributed by atoms with Gasteiger partial charge in [0.15, 0.2) is 6.10 Å². The molecule has 0 fully saturated rings. The second-order valence-corrected chi connectivity index (χ2v) is 21.5. The number of esters is 3. The molecule has 1 unspecified atom stereocenters. The molecule has 0 bridgehead atoms. The van der Waals surface area contributed by atoms with Gasteiger partial charge in [-0.15, -0.1) is 0 Å². The zero-order valence-corrected chi connectivity index (χ0v) is 44.8.